The highest BCUT2D eigenvalue weighted by Gasteiger charge is 2.15. The Morgan fingerprint density at radius 2 is 2.00 bits per heavy atom. The van der Waals surface area contributed by atoms with Gasteiger partial charge in [0.2, 0.25) is 0 Å². The summed E-state index contributed by atoms with van der Waals surface area (Å²) in [5, 5.41) is 11.1. The van der Waals surface area contributed by atoms with Gasteiger partial charge in [-0.25, -0.2) is 4.98 Å². The number of methoxy groups -OCH3 is 2. The zero-order chi connectivity index (χ0) is 16.8. The van der Waals surface area contributed by atoms with E-state index in [-0.39, 0.29) is 25.0 Å². The third-order valence-corrected chi connectivity index (χ3v) is 4.11. The van der Waals surface area contributed by atoms with Gasteiger partial charge in [-0.15, -0.1) is 11.3 Å². The number of ketones is 1. The number of hydrogen-bond donors (Lipinski definition) is 1. The minimum Gasteiger partial charge on any atom is -0.493 e. The molecule has 122 valence electrons. The number of thiazole rings is 1. The van der Waals surface area contributed by atoms with Crippen molar-refractivity contribution in [3.8, 4) is 22.1 Å². The lowest BCUT2D eigenvalue weighted by Gasteiger charge is -2.10. The number of benzene rings is 1. The predicted molar refractivity (Wildman–Crippen MR) is 86.2 cm³/mol. The minimum atomic E-state index is -0.974. The fraction of sp³-hybridized carbons (Fsp3) is 0.312. The first-order valence-corrected chi connectivity index (χ1v) is 7.82. The number of rotatable bonds is 8. The van der Waals surface area contributed by atoms with Crippen LogP contribution in [0, 0.1) is 0 Å². The van der Waals surface area contributed by atoms with Gasteiger partial charge in [-0.1, -0.05) is 6.07 Å². The molecule has 0 saturated heterocycles. The van der Waals surface area contributed by atoms with E-state index in [1.165, 1.54) is 11.3 Å². The van der Waals surface area contributed by atoms with Gasteiger partial charge in [0.15, 0.2) is 11.5 Å². The number of para-hydroxylation sites is 1. The highest BCUT2D eigenvalue weighted by atomic mass is 32.1. The second kappa shape index (κ2) is 7.73. The van der Waals surface area contributed by atoms with Crippen LogP contribution in [0.3, 0.4) is 0 Å². The second-order valence-corrected chi connectivity index (χ2v) is 5.65. The molecule has 0 atom stereocenters. The van der Waals surface area contributed by atoms with Gasteiger partial charge < -0.3 is 14.6 Å². The maximum absolute atomic E-state index is 11.7. The molecule has 1 aromatic heterocycles. The van der Waals surface area contributed by atoms with Crippen molar-refractivity contribution in [1.29, 1.82) is 0 Å². The van der Waals surface area contributed by atoms with Crippen molar-refractivity contribution < 1.29 is 24.2 Å². The Balaban J connectivity index is 2.16. The Kier molecular flexibility index (Phi) is 5.70. The van der Waals surface area contributed by atoms with Crippen molar-refractivity contribution in [2.45, 2.75) is 19.3 Å². The number of carboxylic acid groups (broad SMARTS) is 1. The number of ether oxygens (including phenoxy) is 2. The molecule has 0 aliphatic heterocycles. The third-order valence-electron chi connectivity index (χ3n) is 3.18. The van der Waals surface area contributed by atoms with E-state index in [1.807, 2.05) is 12.1 Å². The fourth-order valence-electron chi connectivity index (χ4n) is 2.10. The molecule has 0 radical (unpaired) electrons. The number of Topliss-reactive ketones (excluding diaryl/α,β-unsaturated/α-hetero) is 1. The van der Waals surface area contributed by atoms with Gasteiger partial charge in [0.25, 0.3) is 0 Å². The van der Waals surface area contributed by atoms with E-state index in [9.17, 15) is 9.59 Å². The van der Waals surface area contributed by atoms with Gasteiger partial charge in [0, 0.05) is 18.2 Å². The number of aliphatic carboxylic acids is 1. The lowest BCUT2D eigenvalue weighted by atomic mass is 10.1. The number of carbonyl (C=O) groups excluding carboxylic acids is 1. The first kappa shape index (κ1) is 17.0. The second-order valence-electron chi connectivity index (χ2n) is 4.79. The lowest BCUT2D eigenvalue weighted by molar-refractivity contribution is -0.138. The highest BCUT2D eigenvalue weighted by molar-refractivity contribution is 7.13. The summed E-state index contributed by atoms with van der Waals surface area (Å²) < 4.78 is 10.7. The number of hydrogen-bond acceptors (Lipinski definition) is 6. The largest absolute Gasteiger partial charge is 0.493 e. The van der Waals surface area contributed by atoms with Crippen LogP contribution in [0.5, 0.6) is 11.5 Å². The number of carbonyl (C=O) groups is 2. The van der Waals surface area contributed by atoms with Crippen LogP contribution in [0.1, 0.15) is 18.5 Å². The van der Waals surface area contributed by atoms with Crippen molar-refractivity contribution in [3.05, 3.63) is 29.3 Å². The van der Waals surface area contributed by atoms with Crippen LogP contribution in [0.25, 0.3) is 10.6 Å². The molecule has 2 aromatic rings. The van der Waals surface area contributed by atoms with E-state index in [0.717, 1.165) is 10.6 Å². The molecule has 0 aliphatic carbocycles. The highest BCUT2D eigenvalue weighted by Crippen LogP contribution is 2.38. The molecule has 1 aromatic carbocycles. The van der Waals surface area contributed by atoms with Crippen LogP contribution >= 0.6 is 11.3 Å². The average Bonchev–Trinajstić information content (AvgIpc) is 3.00. The smallest absolute Gasteiger partial charge is 0.303 e. The van der Waals surface area contributed by atoms with Crippen LogP contribution in [0.15, 0.2) is 23.6 Å². The van der Waals surface area contributed by atoms with Crippen molar-refractivity contribution in [2.24, 2.45) is 0 Å². The van der Waals surface area contributed by atoms with E-state index in [2.05, 4.69) is 4.98 Å². The summed E-state index contributed by atoms with van der Waals surface area (Å²) in [5.41, 5.74) is 1.42. The van der Waals surface area contributed by atoms with Crippen molar-refractivity contribution in [3.63, 3.8) is 0 Å². The summed E-state index contributed by atoms with van der Waals surface area (Å²) in [7, 11) is 3.13. The number of aromatic nitrogens is 1. The number of nitrogens with zero attached hydrogens (tertiary/aromatic N) is 1. The maximum atomic E-state index is 11.7. The molecule has 23 heavy (non-hydrogen) atoms. The minimum absolute atomic E-state index is 0.0185. The van der Waals surface area contributed by atoms with Crippen molar-refractivity contribution in [2.75, 3.05) is 14.2 Å². The third kappa shape index (κ3) is 4.29. The molecule has 0 aliphatic rings. The average molecular weight is 335 g/mol. The zero-order valence-electron chi connectivity index (χ0n) is 12.9. The molecule has 0 spiro atoms. The van der Waals surface area contributed by atoms with Gasteiger partial charge >= 0.3 is 5.97 Å². The maximum Gasteiger partial charge on any atom is 0.303 e. The van der Waals surface area contributed by atoms with Crippen LogP contribution in [0.2, 0.25) is 0 Å². The normalized spacial score (nSPS) is 10.3. The Morgan fingerprint density at radius 1 is 1.22 bits per heavy atom. The fourth-order valence-corrected chi connectivity index (χ4v) is 2.95. The van der Waals surface area contributed by atoms with E-state index >= 15 is 0 Å². The van der Waals surface area contributed by atoms with Crippen molar-refractivity contribution >= 4 is 23.1 Å². The molecule has 7 heteroatoms. The molecular weight excluding hydrogens is 318 g/mol. The quantitative estimate of drug-likeness (QED) is 0.798. The summed E-state index contributed by atoms with van der Waals surface area (Å²) in [4.78, 5) is 26.7. The van der Waals surface area contributed by atoms with Gasteiger partial charge in [-0.2, -0.15) is 0 Å². The Hall–Kier alpha value is -2.41. The Labute approximate surface area is 137 Å². The van der Waals surface area contributed by atoms with Gasteiger partial charge in [-0.05, 0) is 12.1 Å². The van der Waals surface area contributed by atoms with Crippen LogP contribution in [0.4, 0.5) is 0 Å². The summed E-state index contributed by atoms with van der Waals surface area (Å²) in [6.45, 7) is 0. The zero-order valence-corrected chi connectivity index (χ0v) is 13.7. The summed E-state index contributed by atoms with van der Waals surface area (Å²) in [6, 6.07) is 5.51. The topological polar surface area (TPSA) is 85.7 Å². The number of carboxylic acids is 1. The molecule has 0 bridgehead atoms. The molecule has 0 fully saturated rings. The van der Waals surface area contributed by atoms with Crippen LogP contribution in [-0.2, 0) is 16.0 Å². The molecule has 1 N–H and O–H groups in total. The standard InChI is InChI=1S/C16H17NO5S/c1-21-13-5-3-4-12(15(13)22-2)16-17-10(9-23-16)8-11(18)6-7-14(19)20/h3-5,9H,6-8H2,1-2H3,(H,19,20). The summed E-state index contributed by atoms with van der Waals surface area (Å²) in [5.74, 6) is 0.0904. The lowest BCUT2D eigenvalue weighted by Crippen LogP contribution is -2.06. The molecule has 2 rings (SSSR count). The first-order chi connectivity index (χ1) is 11.0. The predicted octanol–water partition coefficient (Wildman–Crippen LogP) is 2.80. The van der Waals surface area contributed by atoms with E-state index in [0.29, 0.717) is 17.2 Å². The molecule has 6 nitrogen and oxygen atoms in total. The van der Waals surface area contributed by atoms with Gasteiger partial charge in [0.1, 0.15) is 10.8 Å². The van der Waals surface area contributed by atoms with Crippen LogP contribution < -0.4 is 9.47 Å². The Morgan fingerprint density at radius 3 is 2.65 bits per heavy atom. The van der Waals surface area contributed by atoms with E-state index in [4.69, 9.17) is 14.6 Å². The van der Waals surface area contributed by atoms with Gasteiger partial charge in [0.05, 0.1) is 31.9 Å². The SMILES string of the molecule is COc1cccc(-c2nc(CC(=O)CCC(=O)O)cs2)c1OC. The summed E-state index contributed by atoms with van der Waals surface area (Å²) >= 11 is 1.40. The molecule has 0 unspecified atom stereocenters. The van der Waals surface area contributed by atoms with Crippen LogP contribution in [-0.4, -0.2) is 36.1 Å². The molecule has 0 amide bonds. The summed E-state index contributed by atoms with van der Waals surface area (Å²) in [6.07, 6.45) is 0.000271. The molecule has 1 heterocycles. The van der Waals surface area contributed by atoms with Crippen molar-refractivity contribution in [1.82, 2.24) is 4.98 Å². The first-order valence-electron chi connectivity index (χ1n) is 6.94. The molecule has 0 saturated carbocycles. The van der Waals surface area contributed by atoms with E-state index in [1.54, 1.807) is 25.7 Å². The Bertz CT molecular complexity index is 710. The van der Waals surface area contributed by atoms with E-state index < -0.39 is 5.97 Å². The molecular formula is C16H17NO5S. The van der Waals surface area contributed by atoms with Gasteiger partial charge in [-0.3, -0.25) is 9.59 Å². The monoisotopic (exact) mass is 335 g/mol.